The first kappa shape index (κ1) is 40.5. The highest BCUT2D eigenvalue weighted by Crippen LogP contribution is 2.54. The molecule has 0 amide bonds. The van der Waals surface area contributed by atoms with Crippen LogP contribution in [-0.2, 0) is 19.4 Å². The van der Waals surface area contributed by atoms with Crippen molar-refractivity contribution in [3.63, 3.8) is 0 Å². The molecule has 0 fully saturated rings. The van der Waals surface area contributed by atoms with Gasteiger partial charge in [0.15, 0.2) is 0 Å². The number of hydrogen-bond donors (Lipinski definition) is 0. The standard InChI is InChI=1S/C69H60N6OSi/c1-69(2,3)55-41-62(70-42-54(55)44-23-11-9-12-24-44)75-58-32-20-15-27-50(58)51-36-35-47(40-61(51)75)76-48-37-46(38-49(39-48)77(6,7)8)73-43-74(60-34-22-21-33-59(60)73)68-66-64(52-28-16-18-30-56(52)71(66)4)63(45-25-13-10-14-26-45)65-53-29-17-19-31-57(53)72(5)67(65)68/h9-42H,43H2,1-8H3/i4D3,5D3. The van der Waals surface area contributed by atoms with Crippen molar-refractivity contribution < 1.29 is 13.0 Å². The van der Waals surface area contributed by atoms with Gasteiger partial charge in [0, 0.05) is 101 Å². The Morgan fingerprint density at radius 1 is 0.519 bits per heavy atom. The van der Waals surface area contributed by atoms with Gasteiger partial charge in [-0.15, -0.1) is 0 Å². The predicted molar refractivity (Wildman–Crippen MR) is 328 cm³/mol. The summed E-state index contributed by atoms with van der Waals surface area (Å²) in [6.07, 6.45) is 2.01. The Morgan fingerprint density at radius 2 is 1.08 bits per heavy atom. The molecule has 0 radical (unpaired) electrons. The molecule has 0 saturated carbocycles. The van der Waals surface area contributed by atoms with E-state index in [4.69, 9.17) is 9.72 Å². The summed E-state index contributed by atoms with van der Waals surface area (Å²) in [4.78, 5) is 9.58. The van der Waals surface area contributed by atoms with E-state index in [-0.39, 0.29) is 12.1 Å². The molecule has 4 aromatic heterocycles. The summed E-state index contributed by atoms with van der Waals surface area (Å²) in [5, 5.41) is 6.35. The Bertz CT molecular complexity index is 4650. The zero-order chi connectivity index (χ0) is 57.5. The van der Waals surface area contributed by atoms with Crippen molar-refractivity contribution in [1.29, 1.82) is 0 Å². The van der Waals surface area contributed by atoms with Gasteiger partial charge < -0.3 is 23.7 Å². The van der Waals surface area contributed by atoms with Crippen LogP contribution in [0.1, 0.15) is 34.6 Å². The number of fused-ring (bicyclic) bond motifs is 10. The third-order valence-electron chi connectivity index (χ3n) is 15.7. The van der Waals surface area contributed by atoms with Gasteiger partial charge in [-0.2, -0.15) is 0 Å². The highest BCUT2D eigenvalue weighted by molar-refractivity contribution is 6.88. The normalized spacial score (nSPS) is 14.6. The van der Waals surface area contributed by atoms with Gasteiger partial charge in [-0.1, -0.05) is 173 Å². The number of benzene rings is 9. The number of nitrogens with zero attached hydrogens (tertiary/aromatic N) is 6. The van der Waals surface area contributed by atoms with E-state index in [1.54, 1.807) is 0 Å². The molecule has 1 aliphatic rings. The molecule has 14 rings (SSSR count). The molecule has 0 aliphatic carbocycles. The van der Waals surface area contributed by atoms with Crippen LogP contribution < -0.4 is 19.7 Å². The third kappa shape index (κ3) is 7.33. The molecular weight excluding hydrogens is 957 g/mol. The van der Waals surface area contributed by atoms with Crippen molar-refractivity contribution in [2.24, 2.45) is 14.0 Å². The fraction of sp³-hybridized carbons (Fsp3) is 0.145. The molecule has 9 aromatic carbocycles. The fourth-order valence-corrected chi connectivity index (χ4v) is 13.3. The van der Waals surface area contributed by atoms with E-state index in [2.05, 4.69) is 146 Å². The molecule has 0 bridgehead atoms. The van der Waals surface area contributed by atoms with E-state index in [0.29, 0.717) is 39.3 Å². The first-order valence-corrected chi connectivity index (χ1v) is 29.9. The second kappa shape index (κ2) is 17.3. The molecule has 0 atom stereocenters. The average Bonchev–Trinajstić information content (AvgIpc) is 1.71. The topological polar surface area (TPSA) is 43.4 Å². The highest BCUT2D eigenvalue weighted by atomic mass is 28.3. The van der Waals surface area contributed by atoms with Gasteiger partial charge in [-0.05, 0) is 82.8 Å². The number of anilines is 4. The summed E-state index contributed by atoms with van der Waals surface area (Å²) in [7, 11) is -2.08. The number of para-hydroxylation sites is 5. The zero-order valence-electron chi connectivity index (χ0n) is 49.9. The SMILES string of the molecule is [2H]C([2H])([2H])n1c2ccccc2c2c(-c3ccccc3)c3c4ccccc4n(C([2H])([2H])[2H])c3c(N3CN(c4cc(Oc5ccc6c7ccccc7n(-c7cc(C(C)(C)C)c(-c8ccccc8)cn7)c6c5)cc([Si](C)(C)C)c4)c4ccccc43)c21. The molecule has 0 unspecified atom stereocenters. The maximum atomic E-state index is 9.34. The number of aryl methyl sites for hydroxylation is 2. The summed E-state index contributed by atoms with van der Waals surface area (Å²) >= 11 is 0. The number of hydrogen-bond acceptors (Lipinski definition) is 4. The lowest BCUT2D eigenvalue weighted by molar-refractivity contribution is 0.484. The minimum atomic E-state index is -2.68. The number of pyridine rings is 1. The van der Waals surface area contributed by atoms with Crippen LogP contribution in [0.15, 0.2) is 206 Å². The van der Waals surface area contributed by atoms with Crippen LogP contribution in [-0.4, -0.2) is 33.4 Å². The summed E-state index contributed by atoms with van der Waals surface area (Å²) in [6.45, 7) is 8.59. The second-order valence-corrected chi connectivity index (χ2v) is 27.6. The van der Waals surface area contributed by atoms with E-state index in [0.717, 1.165) is 88.5 Å². The summed E-state index contributed by atoms with van der Waals surface area (Å²) in [6, 6.07) is 67.4. The van der Waals surface area contributed by atoms with Crippen LogP contribution in [0.3, 0.4) is 0 Å². The molecule has 0 N–H and O–H groups in total. The van der Waals surface area contributed by atoms with Crippen molar-refractivity contribution in [1.82, 2.24) is 18.7 Å². The first-order chi connectivity index (χ1) is 39.7. The minimum Gasteiger partial charge on any atom is -0.457 e. The lowest BCUT2D eigenvalue weighted by Crippen LogP contribution is -2.38. The molecular formula is C69H60N6OSi. The predicted octanol–water partition coefficient (Wildman–Crippen LogP) is 17.7. The maximum Gasteiger partial charge on any atom is 0.137 e. The Hall–Kier alpha value is -8.85. The van der Waals surface area contributed by atoms with Crippen LogP contribution in [0.25, 0.3) is 93.5 Å². The van der Waals surface area contributed by atoms with Gasteiger partial charge in [-0.3, -0.25) is 4.57 Å². The van der Waals surface area contributed by atoms with E-state index in [9.17, 15) is 8.22 Å². The van der Waals surface area contributed by atoms with E-state index in [1.807, 2.05) is 115 Å². The van der Waals surface area contributed by atoms with Crippen molar-refractivity contribution >= 4 is 101 Å². The van der Waals surface area contributed by atoms with Crippen LogP contribution in [0, 0.1) is 0 Å². The van der Waals surface area contributed by atoms with Crippen molar-refractivity contribution in [2.45, 2.75) is 45.8 Å². The van der Waals surface area contributed by atoms with Gasteiger partial charge in [-0.25, -0.2) is 4.98 Å². The number of rotatable bonds is 8. The van der Waals surface area contributed by atoms with Gasteiger partial charge in [0.2, 0.25) is 0 Å². The fourth-order valence-electron chi connectivity index (χ4n) is 12.1. The van der Waals surface area contributed by atoms with Crippen molar-refractivity contribution in [2.75, 3.05) is 16.5 Å². The Balaban J connectivity index is 0.966. The van der Waals surface area contributed by atoms with Gasteiger partial charge in [0.1, 0.15) is 24.0 Å². The lowest BCUT2D eigenvalue weighted by Gasteiger charge is -2.27. The molecule has 13 aromatic rings. The quantitative estimate of drug-likeness (QED) is 0.142. The minimum absolute atomic E-state index is 0.178. The summed E-state index contributed by atoms with van der Waals surface area (Å²) in [5.74, 6) is 2.15. The smallest absolute Gasteiger partial charge is 0.137 e. The largest absolute Gasteiger partial charge is 0.457 e. The van der Waals surface area contributed by atoms with Crippen LogP contribution >= 0.6 is 0 Å². The number of ether oxygens (including phenoxy) is 1. The Kier molecular flexibility index (Phi) is 9.11. The van der Waals surface area contributed by atoms with Crippen LogP contribution in [0.4, 0.5) is 22.7 Å². The van der Waals surface area contributed by atoms with E-state index >= 15 is 0 Å². The average molecular weight is 1020 g/mol. The molecule has 1 aliphatic heterocycles. The monoisotopic (exact) mass is 1020 g/mol. The van der Waals surface area contributed by atoms with Gasteiger partial charge in [0.05, 0.1) is 47.2 Å². The molecule has 376 valence electrons. The van der Waals surface area contributed by atoms with Gasteiger partial charge in [0.25, 0.3) is 0 Å². The molecule has 0 saturated heterocycles. The van der Waals surface area contributed by atoms with E-state index < -0.39 is 22.0 Å². The summed E-state index contributed by atoms with van der Waals surface area (Å²) in [5.41, 5.74) is 11.8. The molecule has 0 spiro atoms. The molecule has 5 heterocycles. The molecule has 8 heteroatoms. The summed E-state index contributed by atoms with van der Waals surface area (Å²) < 4.78 is 68.3. The molecule has 77 heavy (non-hydrogen) atoms. The molecule has 7 nitrogen and oxygen atoms in total. The van der Waals surface area contributed by atoms with Crippen LogP contribution in [0.5, 0.6) is 11.5 Å². The van der Waals surface area contributed by atoms with E-state index in [1.165, 1.54) is 19.9 Å². The Labute approximate surface area is 458 Å². The zero-order valence-corrected chi connectivity index (χ0v) is 44.9. The van der Waals surface area contributed by atoms with Crippen LogP contribution in [0.2, 0.25) is 19.6 Å². The van der Waals surface area contributed by atoms with Crippen molar-refractivity contribution in [3.05, 3.63) is 212 Å². The second-order valence-electron chi connectivity index (χ2n) is 22.5. The van der Waals surface area contributed by atoms with Crippen molar-refractivity contribution in [3.8, 4) is 39.6 Å². The third-order valence-corrected chi connectivity index (χ3v) is 17.8. The number of aromatic nitrogens is 4. The van der Waals surface area contributed by atoms with Gasteiger partial charge >= 0.3 is 0 Å². The Morgan fingerprint density at radius 3 is 1.70 bits per heavy atom. The highest BCUT2D eigenvalue weighted by Gasteiger charge is 2.35. The first-order valence-electron chi connectivity index (χ1n) is 29.4. The maximum absolute atomic E-state index is 9.34. The lowest BCUT2D eigenvalue weighted by atomic mass is 9.82.